The number of hydrogen-bond acceptors (Lipinski definition) is 4. The first-order valence-corrected chi connectivity index (χ1v) is 4.95. The lowest BCUT2D eigenvalue weighted by molar-refractivity contribution is -0.384. The molecule has 104 valence electrons. The molecule has 1 aromatic rings. The molecular weight excluding hydrogens is 286 g/mol. The zero-order valence-corrected chi connectivity index (χ0v) is 10.2. The van der Waals surface area contributed by atoms with E-state index in [0.717, 1.165) is 12.1 Å². The van der Waals surface area contributed by atoms with E-state index in [9.17, 15) is 23.7 Å². The van der Waals surface area contributed by atoms with E-state index in [2.05, 4.69) is 4.74 Å². The minimum absolute atomic E-state index is 0. The number of non-ortho nitro benzene ring substituents is 1. The first-order valence-electron chi connectivity index (χ1n) is 4.95. The summed E-state index contributed by atoms with van der Waals surface area (Å²) in [6.07, 6.45) is -0.940. The van der Waals surface area contributed by atoms with Gasteiger partial charge in [0.2, 0.25) is 0 Å². The number of nitro benzene ring substituents is 1. The molecule has 1 fully saturated rings. The summed E-state index contributed by atoms with van der Waals surface area (Å²) in [5.74, 6) is -3.26. The highest BCUT2D eigenvalue weighted by Gasteiger charge is 2.46. The van der Waals surface area contributed by atoms with Gasteiger partial charge in [0.05, 0.1) is 4.92 Å². The maximum Gasteiger partial charge on any atom is 0.408 e. The van der Waals surface area contributed by atoms with Crippen molar-refractivity contribution in [1.29, 1.82) is 0 Å². The Kier molecular flexibility index (Phi) is 4.25. The lowest BCUT2D eigenvalue weighted by Gasteiger charge is -2.31. The van der Waals surface area contributed by atoms with Gasteiger partial charge in [-0.15, -0.1) is 12.4 Å². The third-order valence-corrected chi connectivity index (χ3v) is 2.52. The molecule has 0 radical (unpaired) electrons. The molecule has 1 atom stereocenters. The van der Waals surface area contributed by atoms with Gasteiger partial charge < -0.3 is 10.1 Å². The third kappa shape index (κ3) is 3.08. The molecule has 19 heavy (non-hydrogen) atoms. The highest BCUT2D eigenvalue weighted by molar-refractivity contribution is 5.85. The van der Waals surface area contributed by atoms with E-state index in [1.165, 1.54) is 12.1 Å². The number of hydrogen-bond donors (Lipinski definition) is 1. The minimum Gasteiger partial charge on any atom is -0.443 e. The van der Waals surface area contributed by atoms with Crippen LogP contribution in [0.5, 0.6) is 0 Å². The number of nitrogens with zero attached hydrogens (tertiary/aromatic N) is 1. The number of ether oxygens (including phenoxy) is 1. The van der Waals surface area contributed by atoms with Crippen LogP contribution in [0.25, 0.3) is 0 Å². The van der Waals surface area contributed by atoms with Gasteiger partial charge in [-0.25, -0.2) is 13.6 Å². The van der Waals surface area contributed by atoms with Gasteiger partial charge in [-0.1, -0.05) is 0 Å². The molecule has 9 heteroatoms. The van der Waals surface area contributed by atoms with Crippen molar-refractivity contribution in [2.45, 2.75) is 12.0 Å². The highest BCUT2D eigenvalue weighted by atomic mass is 35.5. The maximum absolute atomic E-state index is 13.5. The van der Waals surface area contributed by atoms with Crippen LogP contribution in [0.3, 0.4) is 0 Å². The summed E-state index contributed by atoms with van der Waals surface area (Å²) in [4.78, 5) is 20.7. The smallest absolute Gasteiger partial charge is 0.408 e. The van der Waals surface area contributed by atoms with Crippen LogP contribution >= 0.6 is 12.4 Å². The number of benzene rings is 1. The number of rotatable bonds is 2. The Balaban J connectivity index is 0.00000180. The molecule has 1 N–H and O–H groups in total. The van der Waals surface area contributed by atoms with Gasteiger partial charge in [-0.2, -0.15) is 0 Å². The second-order valence-electron chi connectivity index (χ2n) is 3.76. The van der Waals surface area contributed by atoms with Gasteiger partial charge >= 0.3 is 12.0 Å². The van der Waals surface area contributed by atoms with Crippen LogP contribution in [0, 0.1) is 10.1 Å². The van der Waals surface area contributed by atoms with Crippen molar-refractivity contribution < 1.29 is 23.2 Å². The van der Waals surface area contributed by atoms with Gasteiger partial charge in [0.25, 0.3) is 5.69 Å². The molecule has 1 aliphatic rings. The second-order valence-corrected chi connectivity index (χ2v) is 3.76. The van der Waals surface area contributed by atoms with Gasteiger partial charge in [0.15, 0.2) is 6.61 Å². The van der Waals surface area contributed by atoms with Gasteiger partial charge in [-0.3, -0.25) is 10.1 Å². The number of alkyl halides is 2. The van der Waals surface area contributed by atoms with Crippen LogP contribution in [0.4, 0.5) is 19.3 Å². The molecule has 0 aromatic heterocycles. The van der Waals surface area contributed by atoms with Gasteiger partial charge in [0, 0.05) is 12.1 Å². The Morgan fingerprint density at radius 2 is 1.95 bits per heavy atom. The van der Waals surface area contributed by atoms with E-state index in [1.54, 1.807) is 0 Å². The number of carbonyl (C=O) groups excluding carboxylic acids is 1. The summed E-state index contributed by atoms with van der Waals surface area (Å²) < 4.78 is 31.2. The predicted octanol–water partition coefficient (Wildman–Crippen LogP) is 2.43. The van der Waals surface area contributed by atoms with E-state index < -0.39 is 29.6 Å². The van der Waals surface area contributed by atoms with E-state index in [1.807, 2.05) is 5.32 Å². The van der Waals surface area contributed by atoms with E-state index in [-0.39, 0.29) is 23.7 Å². The number of carbonyl (C=O) groups is 1. The molecule has 1 aromatic carbocycles. The lowest BCUT2D eigenvalue weighted by Crippen LogP contribution is -2.49. The Morgan fingerprint density at radius 1 is 1.37 bits per heavy atom. The molecule has 2 rings (SSSR count). The molecule has 6 nitrogen and oxygen atoms in total. The van der Waals surface area contributed by atoms with Crippen LogP contribution in [-0.2, 0) is 4.74 Å². The fourth-order valence-electron chi connectivity index (χ4n) is 1.63. The van der Waals surface area contributed by atoms with Crippen LogP contribution in [0.1, 0.15) is 11.6 Å². The van der Waals surface area contributed by atoms with Crippen molar-refractivity contribution in [3.05, 3.63) is 39.9 Å². The van der Waals surface area contributed by atoms with Crippen molar-refractivity contribution in [2.75, 3.05) is 6.61 Å². The summed E-state index contributed by atoms with van der Waals surface area (Å²) in [7, 11) is 0. The quantitative estimate of drug-likeness (QED) is 0.671. The minimum atomic E-state index is -3.26. The summed E-state index contributed by atoms with van der Waals surface area (Å²) >= 11 is 0. The number of amides is 1. The molecule has 1 amide bonds. The van der Waals surface area contributed by atoms with Crippen molar-refractivity contribution in [2.24, 2.45) is 0 Å². The first kappa shape index (κ1) is 15.1. The summed E-state index contributed by atoms with van der Waals surface area (Å²) in [5, 5.41) is 12.4. The molecule has 0 saturated carbocycles. The standard InChI is InChI=1S/C10H8F2N2O4.ClH/c11-10(12)5-18-9(15)13-8(10)6-1-3-7(4-2-6)14(16)17;/h1-4,8H,5H2,(H,13,15);1H/t8-;/m0./s1. The van der Waals surface area contributed by atoms with E-state index in [4.69, 9.17) is 0 Å². The fourth-order valence-corrected chi connectivity index (χ4v) is 1.63. The molecule has 0 unspecified atom stereocenters. The van der Waals surface area contributed by atoms with Gasteiger partial charge in [-0.05, 0) is 17.7 Å². The van der Waals surface area contributed by atoms with Crippen molar-refractivity contribution >= 4 is 24.2 Å². The molecular formula is C10H9ClF2N2O4. The second kappa shape index (κ2) is 5.35. The average Bonchev–Trinajstić information content (AvgIpc) is 2.32. The summed E-state index contributed by atoms with van der Waals surface area (Å²) in [5.41, 5.74) is -0.122. The molecule has 0 spiro atoms. The average molecular weight is 295 g/mol. The predicted molar refractivity (Wildman–Crippen MR) is 62.5 cm³/mol. The van der Waals surface area contributed by atoms with Gasteiger partial charge in [0.1, 0.15) is 6.04 Å². The molecule has 1 saturated heterocycles. The van der Waals surface area contributed by atoms with E-state index in [0.29, 0.717) is 0 Å². The van der Waals surface area contributed by atoms with Crippen LogP contribution < -0.4 is 5.32 Å². The Hall–Kier alpha value is -1.96. The maximum atomic E-state index is 13.5. The summed E-state index contributed by atoms with van der Waals surface area (Å²) in [6, 6.07) is 3.03. The Labute approximate surface area is 112 Å². The Bertz CT molecular complexity index is 495. The third-order valence-electron chi connectivity index (χ3n) is 2.52. The first-order chi connectivity index (χ1) is 8.40. The molecule has 0 aliphatic carbocycles. The fraction of sp³-hybridized carbons (Fsp3) is 0.300. The number of halogens is 3. The van der Waals surface area contributed by atoms with E-state index >= 15 is 0 Å². The van der Waals surface area contributed by atoms with Crippen LogP contribution in [0.2, 0.25) is 0 Å². The summed E-state index contributed by atoms with van der Waals surface area (Å²) in [6.45, 7) is -1.01. The molecule has 1 aliphatic heterocycles. The number of alkyl carbamates (subject to hydrolysis) is 1. The molecule has 0 bridgehead atoms. The molecule has 1 heterocycles. The number of cyclic esters (lactones) is 1. The number of nitrogens with one attached hydrogen (secondary N) is 1. The van der Waals surface area contributed by atoms with Crippen molar-refractivity contribution in [3.8, 4) is 0 Å². The zero-order chi connectivity index (χ0) is 13.3. The lowest BCUT2D eigenvalue weighted by atomic mass is 10.00. The zero-order valence-electron chi connectivity index (χ0n) is 9.34. The van der Waals surface area contributed by atoms with Crippen LogP contribution in [-0.4, -0.2) is 23.5 Å². The Morgan fingerprint density at radius 3 is 2.47 bits per heavy atom. The normalized spacial score (nSPS) is 20.7. The van der Waals surface area contributed by atoms with Crippen molar-refractivity contribution in [1.82, 2.24) is 5.32 Å². The largest absolute Gasteiger partial charge is 0.443 e. The monoisotopic (exact) mass is 294 g/mol. The van der Waals surface area contributed by atoms with Crippen LogP contribution in [0.15, 0.2) is 24.3 Å². The SMILES string of the molecule is Cl.O=C1N[C@@H](c2ccc([N+](=O)[O-])cc2)C(F)(F)CO1. The number of nitro groups is 1. The highest BCUT2D eigenvalue weighted by Crippen LogP contribution is 2.34. The van der Waals surface area contributed by atoms with Crippen molar-refractivity contribution in [3.63, 3.8) is 0 Å². The topological polar surface area (TPSA) is 81.5 Å².